The van der Waals surface area contributed by atoms with Crippen LogP contribution in [0.1, 0.15) is 38.1 Å². The lowest BCUT2D eigenvalue weighted by Crippen LogP contribution is -2.35. The van der Waals surface area contributed by atoms with Crippen molar-refractivity contribution in [3.63, 3.8) is 0 Å². The van der Waals surface area contributed by atoms with Gasteiger partial charge in [0.1, 0.15) is 0 Å². The van der Waals surface area contributed by atoms with E-state index in [-0.39, 0.29) is 18.7 Å². The normalized spacial score (nSPS) is 15.4. The van der Waals surface area contributed by atoms with Gasteiger partial charge in [-0.1, -0.05) is 13.8 Å². The standard InChI is InChI=1S/C12H20BrNOS/c1-8(2)6-10(7-15)14-9(3)12-11(13)4-5-16-12/h4-5,8-10,14-15H,6-7H2,1-3H3. The second kappa shape index (κ2) is 6.74. The largest absolute Gasteiger partial charge is 0.395 e. The minimum absolute atomic E-state index is 0.184. The van der Waals surface area contributed by atoms with Gasteiger partial charge in [0, 0.05) is 21.4 Å². The number of nitrogens with one attached hydrogen (secondary N) is 1. The minimum Gasteiger partial charge on any atom is -0.395 e. The second-order valence-electron chi connectivity index (χ2n) is 4.53. The van der Waals surface area contributed by atoms with E-state index in [4.69, 9.17) is 0 Å². The van der Waals surface area contributed by atoms with Gasteiger partial charge in [-0.3, -0.25) is 0 Å². The lowest BCUT2D eigenvalue weighted by atomic mass is 10.0. The highest BCUT2D eigenvalue weighted by atomic mass is 79.9. The molecule has 2 atom stereocenters. The molecule has 4 heteroatoms. The van der Waals surface area contributed by atoms with Gasteiger partial charge in [0.25, 0.3) is 0 Å². The lowest BCUT2D eigenvalue weighted by Gasteiger charge is -2.22. The molecule has 1 aromatic rings. The Kier molecular flexibility index (Phi) is 5.97. The molecule has 92 valence electrons. The van der Waals surface area contributed by atoms with Crippen molar-refractivity contribution in [2.24, 2.45) is 5.92 Å². The van der Waals surface area contributed by atoms with Crippen LogP contribution in [0.4, 0.5) is 0 Å². The Morgan fingerprint density at radius 3 is 2.56 bits per heavy atom. The van der Waals surface area contributed by atoms with Gasteiger partial charge in [0.2, 0.25) is 0 Å². The van der Waals surface area contributed by atoms with E-state index in [2.05, 4.69) is 53.5 Å². The fourth-order valence-corrected chi connectivity index (χ4v) is 3.54. The van der Waals surface area contributed by atoms with Gasteiger partial charge in [-0.15, -0.1) is 11.3 Å². The summed E-state index contributed by atoms with van der Waals surface area (Å²) in [6.45, 7) is 6.69. The molecule has 0 saturated carbocycles. The van der Waals surface area contributed by atoms with Gasteiger partial charge in [0.05, 0.1) is 6.61 Å². The number of hydrogen-bond donors (Lipinski definition) is 2. The quantitative estimate of drug-likeness (QED) is 0.842. The first-order valence-electron chi connectivity index (χ1n) is 5.64. The molecule has 0 aliphatic rings. The summed E-state index contributed by atoms with van der Waals surface area (Å²) in [5.74, 6) is 0.601. The summed E-state index contributed by atoms with van der Waals surface area (Å²) in [5.41, 5.74) is 0. The molecular weight excluding hydrogens is 286 g/mol. The lowest BCUT2D eigenvalue weighted by molar-refractivity contribution is 0.215. The van der Waals surface area contributed by atoms with Crippen molar-refractivity contribution in [1.29, 1.82) is 0 Å². The monoisotopic (exact) mass is 305 g/mol. The number of thiophene rings is 1. The van der Waals surface area contributed by atoms with Crippen molar-refractivity contribution in [2.45, 2.75) is 39.3 Å². The average molecular weight is 306 g/mol. The molecule has 0 fully saturated rings. The fraction of sp³-hybridized carbons (Fsp3) is 0.667. The highest BCUT2D eigenvalue weighted by molar-refractivity contribution is 9.10. The highest BCUT2D eigenvalue weighted by Gasteiger charge is 2.16. The smallest absolute Gasteiger partial charge is 0.0584 e. The minimum atomic E-state index is 0.184. The predicted octanol–water partition coefficient (Wildman–Crippen LogP) is 3.57. The van der Waals surface area contributed by atoms with Crippen LogP contribution in [0.3, 0.4) is 0 Å². The van der Waals surface area contributed by atoms with Gasteiger partial charge >= 0.3 is 0 Å². The Bertz CT molecular complexity index is 314. The number of halogens is 1. The third-order valence-corrected chi connectivity index (χ3v) is 4.55. The summed E-state index contributed by atoms with van der Waals surface area (Å²) in [6, 6.07) is 2.53. The van der Waals surface area contributed by atoms with E-state index in [0.717, 1.165) is 10.9 Å². The summed E-state index contributed by atoms with van der Waals surface area (Å²) in [7, 11) is 0. The molecule has 0 bridgehead atoms. The zero-order valence-corrected chi connectivity index (χ0v) is 12.4. The summed E-state index contributed by atoms with van der Waals surface area (Å²) in [6.07, 6.45) is 1.00. The SMILES string of the molecule is CC(C)CC(CO)NC(C)c1sccc1Br. The summed E-state index contributed by atoms with van der Waals surface area (Å²) >= 11 is 5.28. The molecule has 2 nitrogen and oxygen atoms in total. The maximum absolute atomic E-state index is 9.32. The molecule has 0 aliphatic heterocycles. The topological polar surface area (TPSA) is 32.3 Å². The van der Waals surface area contributed by atoms with Crippen LogP contribution in [-0.2, 0) is 0 Å². The van der Waals surface area contributed by atoms with E-state index >= 15 is 0 Å². The predicted molar refractivity (Wildman–Crippen MR) is 73.9 cm³/mol. The van der Waals surface area contributed by atoms with E-state index in [1.165, 1.54) is 4.88 Å². The summed E-state index contributed by atoms with van der Waals surface area (Å²) in [4.78, 5) is 1.29. The highest BCUT2D eigenvalue weighted by Crippen LogP contribution is 2.29. The third kappa shape index (κ3) is 4.17. The Morgan fingerprint density at radius 1 is 1.44 bits per heavy atom. The maximum Gasteiger partial charge on any atom is 0.0584 e. The van der Waals surface area contributed by atoms with E-state index in [9.17, 15) is 5.11 Å². The van der Waals surface area contributed by atoms with Crippen LogP contribution >= 0.6 is 27.3 Å². The van der Waals surface area contributed by atoms with E-state index < -0.39 is 0 Å². The van der Waals surface area contributed by atoms with Gasteiger partial charge in [-0.25, -0.2) is 0 Å². The summed E-state index contributed by atoms with van der Waals surface area (Å²) in [5, 5.41) is 14.9. The molecule has 1 heterocycles. The van der Waals surface area contributed by atoms with Crippen LogP contribution < -0.4 is 5.32 Å². The molecular formula is C12H20BrNOS. The first-order chi connectivity index (χ1) is 7.54. The van der Waals surface area contributed by atoms with E-state index in [1.807, 2.05) is 0 Å². The molecule has 2 unspecified atom stereocenters. The molecule has 0 aliphatic carbocycles. The Morgan fingerprint density at radius 2 is 2.12 bits per heavy atom. The first kappa shape index (κ1) is 14.2. The molecule has 0 radical (unpaired) electrons. The molecule has 0 aromatic carbocycles. The molecule has 1 rings (SSSR count). The Hall–Kier alpha value is 0.100. The van der Waals surface area contributed by atoms with Crippen LogP contribution in [0.2, 0.25) is 0 Å². The average Bonchev–Trinajstić information content (AvgIpc) is 2.62. The van der Waals surface area contributed by atoms with Gasteiger partial charge in [-0.05, 0) is 46.6 Å². The summed E-state index contributed by atoms with van der Waals surface area (Å²) < 4.78 is 1.15. The van der Waals surface area contributed by atoms with Gasteiger partial charge < -0.3 is 10.4 Å². The third-order valence-electron chi connectivity index (χ3n) is 2.50. The second-order valence-corrected chi connectivity index (χ2v) is 6.33. The Labute approximate surface area is 110 Å². The van der Waals surface area contributed by atoms with E-state index in [1.54, 1.807) is 11.3 Å². The van der Waals surface area contributed by atoms with Crippen molar-refractivity contribution >= 4 is 27.3 Å². The van der Waals surface area contributed by atoms with Crippen molar-refractivity contribution < 1.29 is 5.11 Å². The van der Waals surface area contributed by atoms with Gasteiger partial charge in [-0.2, -0.15) is 0 Å². The van der Waals surface area contributed by atoms with Crippen molar-refractivity contribution in [1.82, 2.24) is 5.32 Å². The molecule has 2 N–H and O–H groups in total. The number of rotatable bonds is 6. The maximum atomic E-state index is 9.32. The fourth-order valence-electron chi connectivity index (χ4n) is 1.81. The van der Waals surface area contributed by atoms with Crippen molar-refractivity contribution in [3.05, 3.63) is 20.8 Å². The number of hydrogen-bond acceptors (Lipinski definition) is 3. The molecule has 0 amide bonds. The zero-order valence-electron chi connectivity index (χ0n) is 10.0. The van der Waals surface area contributed by atoms with E-state index in [0.29, 0.717) is 5.92 Å². The van der Waals surface area contributed by atoms with Crippen LogP contribution in [0.25, 0.3) is 0 Å². The molecule has 0 spiro atoms. The van der Waals surface area contributed by atoms with Crippen LogP contribution in [0.5, 0.6) is 0 Å². The van der Waals surface area contributed by atoms with Gasteiger partial charge in [0.15, 0.2) is 0 Å². The van der Waals surface area contributed by atoms with Crippen molar-refractivity contribution in [3.8, 4) is 0 Å². The zero-order chi connectivity index (χ0) is 12.1. The van der Waals surface area contributed by atoms with Crippen LogP contribution in [-0.4, -0.2) is 17.8 Å². The first-order valence-corrected chi connectivity index (χ1v) is 7.31. The molecule has 16 heavy (non-hydrogen) atoms. The Balaban J connectivity index is 2.55. The van der Waals surface area contributed by atoms with Crippen molar-refractivity contribution in [2.75, 3.05) is 6.61 Å². The molecule has 1 aromatic heterocycles. The number of aliphatic hydroxyl groups is 1. The molecule has 0 saturated heterocycles. The van der Waals surface area contributed by atoms with Crippen LogP contribution in [0.15, 0.2) is 15.9 Å². The number of aliphatic hydroxyl groups excluding tert-OH is 1. The van der Waals surface area contributed by atoms with Crippen LogP contribution in [0, 0.1) is 5.92 Å².